The lowest BCUT2D eigenvalue weighted by Gasteiger charge is -2.37. The van der Waals surface area contributed by atoms with Gasteiger partial charge in [-0.05, 0) is 30.5 Å². The van der Waals surface area contributed by atoms with Crippen molar-refractivity contribution >= 4 is 0 Å². The molecule has 4 heteroatoms. The summed E-state index contributed by atoms with van der Waals surface area (Å²) in [5.41, 5.74) is -0.481. The van der Waals surface area contributed by atoms with Gasteiger partial charge in [0, 0.05) is 0 Å². The van der Waals surface area contributed by atoms with Crippen molar-refractivity contribution in [2.75, 3.05) is 14.2 Å². The van der Waals surface area contributed by atoms with Gasteiger partial charge in [0.2, 0.25) is 0 Å². The highest BCUT2D eigenvalue weighted by atomic mass is 16.5. The molecule has 2 rings (SSSR count). The molecule has 0 heterocycles. The van der Waals surface area contributed by atoms with Gasteiger partial charge in [-0.25, -0.2) is 0 Å². The van der Waals surface area contributed by atoms with Crippen LogP contribution in [0.15, 0.2) is 18.2 Å². The summed E-state index contributed by atoms with van der Waals surface area (Å²) in [6, 6.07) is 5.29. The number of benzene rings is 1. The summed E-state index contributed by atoms with van der Waals surface area (Å²) in [6.07, 6.45) is 2.36. The van der Waals surface area contributed by atoms with E-state index in [9.17, 15) is 10.2 Å². The van der Waals surface area contributed by atoms with E-state index in [-0.39, 0.29) is 0 Å². The minimum atomic E-state index is -1.17. The van der Waals surface area contributed by atoms with Crippen LogP contribution in [0.5, 0.6) is 11.5 Å². The first kappa shape index (κ1) is 13.2. The van der Waals surface area contributed by atoms with Gasteiger partial charge in [0.25, 0.3) is 0 Å². The summed E-state index contributed by atoms with van der Waals surface area (Å²) in [5, 5.41) is 20.7. The molecule has 2 atom stereocenters. The van der Waals surface area contributed by atoms with Crippen LogP contribution in [0.1, 0.15) is 31.2 Å². The fourth-order valence-electron chi connectivity index (χ4n) is 2.58. The zero-order chi connectivity index (χ0) is 13.2. The maximum absolute atomic E-state index is 10.6. The summed E-state index contributed by atoms with van der Waals surface area (Å²) in [5.74, 6) is 1.19. The molecule has 0 aliphatic heterocycles. The topological polar surface area (TPSA) is 58.9 Å². The molecule has 0 amide bonds. The molecule has 0 saturated heterocycles. The standard InChI is InChI=1S/C14H20O4/c1-17-11-7-6-10(9-12(11)18-2)14(16)8-4-3-5-13(14)15/h6-7,9,13,15-16H,3-5,8H2,1-2H3/t13-,14-/m1/s1. The number of aliphatic hydroxyl groups excluding tert-OH is 1. The van der Waals surface area contributed by atoms with Crippen molar-refractivity contribution in [3.8, 4) is 11.5 Å². The molecule has 4 nitrogen and oxygen atoms in total. The quantitative estimate of drug-likeness (QED) is 0.861. The second kappa shape index (κ2) is 5.16. The van der Waals surface area contributed by atoms with Gasteiger partial charge in [-0.15, -0.1) is 0 Å². The van der Waals surface area contributed by atoms with Crippen LogP contribution in [-0.4, -0.2) is 30.5 Å². The van der Waals surface area contributed by atoms with E-state index in [1.54, 1.807) is 32.4 Å². The minimum absolute atomic E-state index is 0.571. The molecule has 2 N–H and O–H groups in total. The van der Waals surface area contributed by atoms with Crippen LogP contribution in [0.25, 0.3) is 0 Å². The van der Waals surface area contributed by atoms with Crippen molar-refractivity contribution in [3.63, 3.8) is 0 Å². The van der Waals surface area contributed by atoms with Gasteiger partial charge in [0.05, 0.1) is 20.3 Å². The zero-order valence-electron chi connectivity index (χ0n) is 10.8. The van der Waals surface area contributed by atoms with Gasteiger partial charge in [-0.1, -0.05) is 18.9 Å². The Morgan fingerprint density at radius 2 is 1.89 bits per heavy atom. The molecule has 100 valence electrons. The molecule has 0 aromatic heterocycles. The average Bonchev–Trinajstić information content (AvgIpc) is 2.41. The van der Waals surface area contributed by atoms with Crippen molar-refractivity contribution < 1.29 is 19.7 Å². The van der Waals surface area contributed by atoms with E-state index in [2.05, 4.69) is 0 Å². The van der Waals surface area contributed by atoms with Gasteiger partial charge in [0.15, 0.2) is 11.5 Å². The number of methoxy groups -OCH3 is 2. The van der Waals surface area contributed by atoms with E-state index >= 15 is 0 Å². The van der Waals surface area contributed by atoms with Crippen LogP contribution in [0.2, 0.25) is 0 Å². The normalized spacial score (nSPS) is 27.9. The van der Waals surface area contributed by atoms with Gasteiger partial charge in [-0.2, -0.15) is 0 Å². The summed E-state index contributed by atoms with van der Waals surface area (Å²) >= 11 is 0. The minimum Gasteiger partial charge on any atom is -0.493 e. The second-order valence-electron chi connectivity index (χ2n) is 4.76. The molecule has 1 aliphatic carbocycles. The first-order valence-electron chi connectivity index (χ1n) is 6.25. The Morgan fingerprint density at radius 3 is 2.50 bits per heavy atom. The van der Waals surface area contributed by atoms with Gasteiger partial charge in [0.1, 0.15) is 5.60 Å². The molecule has 0 radical (unpaired) electrons. The first-order valence-corrected chi connectivity index (χ1v) is 6.25. The molecule has 0 unspecified atom stereocenters. The van der Waals surface area contributed by atoms with E-state index in [0.717, 1.165) is 12.8 Å². The maximum Gasteiger partial charge on any atom is 0.161 e. The molecule has 1 aromatic carbocycles. The Kier molecular flexibility index (Phi) is 3.78. The van der Waals surface area contributed by atoms with Crippen LogP contribution in [0.4, 0.5) is 0 Å². The highest BCUT2D eigenvalue weighted by molar-refractivity contribution is 5.45. The largest absolute Gasteiger partial charge is 0.493 e. The maximum atomic E-state index is 10.6. The molecular weight excluding hydrogens is 232 g/mol. The van der Waals surface area contributed by atoms with Gasteiger partial charge in [-0.3, -0.25) is 0 Å². The zero-order valence-corrected chi connectivity index (χ0v) is 10.8. The summed E-state index contributed by atoms with van der Waals surface area (Å²) in [4.78, 5) is 0. The van der Waals surface area contributed by atoms with E-state index in [1.165, 1.54) is 0 Å². The molecule has 18 heavy (non-hydrogen) atoms. The second-order valence-corrected chi connectivity index (χ2v) is 4.76. The van der Waals surface area contributed by atoms with E-state index in [0.29, 0.717) is 29.9 Å². The monoisotopic (exact) mass is 252 g/mol. The fourth-order valence-corrected chi connectivity index (χ4v) is 2.58. The van der Waals surface area contributed by atoms with Gasteiger partial charge >= 0.3 is 0 Å². The summed E-state index contributed by atoms with van der Waals surface area (Å²) in [7, 11) is 3.13. The Bertz CT molecular complexity index is 418. The molecule has 1 fully saturated rings. The average molecular weight is 252 g/mol. The first-order chi connectivity index (χ1) is 8.61. The lowest BCUT2D eigenvalue weighted by atomic mass is 9.77. The van der Waals surface area contributed by atoms with Crippen LogP contribution < -0.4 is 9.47 Å². The fraction of sp³-hybridized carbons (Fsp3) is 0.571. The van der Waals surface area contributed by atoms with Crippen molar-refractivity contribution in [1.82, 2.24) is 0 Å². The smallest absolute Gasteiger partial charge is 0.161 e. The van der Waals surface area contributed by atoms with Crippen LogP contribution >= 0.6 is 0 Å². The van der Waals surface area contributed by atoms with E-state index in [1.807, 2.05) is 0 Å². The predicted octanol–water partition coefficient (Wildman–Crippen LogP) is 1.83. The van der Waals surface area contributed by atoms with E-state index in [4.69, 9.17) is 9.47 Å². The van der Waals surface area contributed by atoms with Crippen LogP contribution in [0, 0.1) is 0 Å². The molecular formula is C14H20O4. The lowest BCUT2D eigenvalue weighted by molar-refractivity contribution is -0.106. The number of hydrogen-bond acceptors (Lipinski definition) is 4. The van der Waals surface area contributed by atoms with Crippen molar-refractivity contribution in [2.45, 2.75) is 37.4 Å². The number of hydrogen-bond donors (Lipinski definition) is 2. The van der Waals surface area contributed by atoms with Crippen LogP contribution in [-0.2, 0) is 5.60 Å². The lowest BCUT2D eigenvalue weighted by Crippen LogP contribution is -2.42. The highest BCUT2D eigenvalue weighted by Gasteiger charge is 2.39. The molecule has 0 bridgehead atoms. The Hall–Kier alpha value is -1.26. The van der Waals surface area contributed by atoms with Crippen molar-refractivity contribution in [3.05, 3.63) is 23.8 Å². The van der Waals surface area contributed by atoms with Crippen molar-refractivity contribution in [1.29, 1.82) is 0 Å². The number of aliphatic hydroxyl groups is 2. The molecule has 0 spiro atoms. The Balaban J connectivity index is 2.37. The third-order valence-electron chi connectivity index (χ3n) is 3.72. The summed E-state index contributed by atoms with van der Waals surface area (Å²) < 4.78 is 10.4. The van der Waals surface area contributed by atoms with Gasteiger partial charge < -0.3 is 19.7 Å². The predicted molar refractivity (Wildman–Crippen MR) is 67.9 cm³/mol. The molecule has 1 aromatic rings. The Labute approximate surface area is 107 Å². The van der Waals surface area contributed by atoms with E-state index < -0.39 is 11.7 Å². The summed E-state index contributed by atoms with van der Waals surface area (Å²) in [6.45, 7) is 0. The number of ether oxygens (including phenoxy) is 2. The molecule has 1 aliphatic rings. The Morgan fingerprint density at radius 1 is 1.17 bits per heavy atom. The SMILES string of the molecule is COc1ccc([C@]2(O)CCCC[C@H]2O)cc1OC. The van der Waals surface area contributed by atoms with Crippen LogP contribution in [0.3, 0.4) is 0 Å². The number of rotatable bonds is 3. The third-order valence-corrected chi connectivity index (χ3v) is 3.72. The highest BCUT2D eigenvalue weighted by Crippen LogP contribution is 2.40. The van der Waals surface area contributed by atoms with Crippen molar-refractivity contribution in [2.24, 2.45) is 0 Å². The third kappa shape index (κ3) is 2.18. The molecule has 1 saturated carbocycles.